The largest absolute Gasteiger partial charge is 0.497 e. The molecule has 51 heavy (non-hydrogen) atoms. The maximum absolute atomic E-state index is 14.7. The molecule has 4 aromatic rings. The topological polar surface area (TPSA) is 139 Å². The first-order valence-corrected chi connectivity index (χ1v) is 18.2. The molecule has 4 aromatic carbocycles. The zero-order chi connectivity index (χ0) is 36.5. The van der Waals surface area contributed by atoms with Crippen LogP contribution in [0.2, 0.25) is 0 Å². The Kier molecular flexibility index (Phi) is 12.0. The van der Waals surface area contributed by atoms with E-state index in [1.54, 1.807) is 0 Å². The zero-order valence-corrected chi connectivity index (χ0v) is 29.4. The molecule has 268 valence electrons. The minimum atomic E-state index is -4.59. The smallest absolute Gasteiger partial charge is 0.273 e. The van der Waals surface area contributed by atoms with Crippen molar-refractivity contribution in [1.29, 1.82) is 0 Å². The Labute approximate surface area is 297 Å². The molecule has 1 aliphatic carbocycles. The van der Waals surface area contributed by atoms with Crippen LogP contribution in [0.25, 0.3) is 0 Å². The fourth-order valence-electron chi connectivity index (χ4n) is 6.24. The summed E-state index contributed by atoms with van der Waals surface area (Å²) in [6.45, 7) is 0.624. The van der Waals surface area contributed by atoms with Crippen molar-refractivity contribution in [2.75, 3.05) is 18.0 Å². The first-order chi connectivity index (χ1) is 24.5. The SMILES string of the molecule is COc1ccc(N(CC(=O)N(Cc2ccc(F)cc2)[C@@H](Cc2ccccc2)C(=O)NC2CCCCC2)S(=O)(=O)c2ccc(C)c([N+](=O)[O-])c2)cc1. The Morgan fingerprint density at radius 1 is 0.941 bits per heavy atom. The molecule has 1 N–H and O–H groups in total. The first kappa shape index (κ1) is 37.0. The number of nitrogens with one attached hydrogen (secondary N) is 1. The van der Waals surface area contributed by atoms with E-state index in [4.69, 9.17) is 4.74 Å². The number of benzene rings is 4. The van der Waals surface area contributed by atoms with Crippen LogP contribution in [0, 0.1) is 22.9 Å². The van der Waals surface area contributed by atoms with Gasteiger partial charge in [0.2, 0.25) is 11.8 Å². The first-order valence-electron chi connectivity index (χ1n) is 16.8. The molecule has 0 bridgehead atoms. The summed E-state index contributed by atoms with van der Waals surface area (Å²) in [5.74, 6) is -1.13. The molecule has 0 saturated heterocycles. The van der Waals surface area contributed by atoms with Crippen LogP contribution in [0.4, 0.5) is 15.8 Å². The van der Waals surface area contributed by atoms with E-state index in [0.29, 0.717) is 11.3 Å². The number of ether oxygens (including phenoxy) is 1. The third-order valence-electron chi connectivity index (χ3n) is 9.09. The predicted octanol–water partition coefficient (Wildman–Crippen LogP) is 6.34. The van der Waals surface area contributed by atoms with Crippen LogP contribution in [-0.4, -0.2) is 55.8 Å². The number of hydrogen-bond donors (Lipinski definition) is 1. The molecule has 1 saturated carbocycles. The van der Waals surface area contributed by atoms with E-state index in [1.165, 1.54) is 79.6 Å². The second-order valence-electron chi connectivity index (χ2n) is 12.6. The maximum atomic E-state index is 14.7. The van der Waals surface area contributed by atoms with Gasteiger partial charge in [-0.25, -0.2) is 12.8 Å². The number of carbonyl (C=O) groups excluding carboxylic acids is 2. The molecule has 11 nitrogen and oxygen atoms in total. The normalized spacial score (nSPS) is 13.9. The molecule has 1 fully saturated rings. The Hall–Kier alpha value is -5.30. The van der Waals surface area contributed by atoms with E-state index in [2.05, 4.69) is 5.32 Å². The molecular formula is C38H41FN4O7S. The molecule has 0 aromatic heterocycles. The molecule has 0 radical (unpaired) electrons. The van der Waals surface area contributed by atoms with Crippen molar-refractivity contribution < 1.29 is 32.1 Å². The highest BCUT2D eigenvalue weighted by Crippen LogP contribution is 2.30. The van der Waals surface area contributed by atoms with Gasteiger partial charge >= 0.3 is 0 Å². The van der Waals surface area contributed by atoms with Gasteiger partial charge in [0.15, 0.2) is 0 Å². The number of methoxy groups -OCH3 is 1. The number of aryl methyl sites for hydroxylation is 1. The molecule has 0 spiro atoms. The van der Waals surface area contributed by atoms with Crippen LogP contribution < -0.4 is 14.4 Å². The second kappa shape index (κ2) is 16.6. The number of hydrogen-bond acceptors (Lipinski definition) is 7. The highest BCUT2D eigenvalue weighted by Gasteiger charge is 2.36. The highest BCUT2D eigenvalue weighted by atomic mass is 32.2. The Balaban J connectivity index is 1.59. The summed E-state index contributed by atoms with van der Waals surface area (Å²) in [5.41, 5.74) is 1.29. The average molecular weight is 717 g/mol. The molecule has 5 rings (SSSR count). The number of rotatable bonds is 14. The predicted molar refractivity (Wildman–Crippen MR) is 191 cm³/mol. The van der Waals surface area contributed by atoms with Gasteiger partial charge in [-0.15, -0.1) is 0 Å². The van der Waals surface area contributed by atoms with Crippen LogP contribution >= 0.6 is 0 Å². The summed E-state index contributed by atoms with van der Waals surface area (Å²) in [7, 11) is -3.14. The number of nitro groups is 1. The van der Waals surface area contributed by atoms with E-state index < -0.39 is 44.9 Å². The van der Waals surface area contributed by atoms with Gasteiger partial charge in [0.1, 0.15) is 24.2 Å². The summed E-state index contributed by atoms with van der Waals surface area (Å²) >= 11 is 0. The van der Waals surface area contributed by atoms with Gasteiger partial charge in [-0.3, -0.25) is 24.0 Å². The van der Waals surface area contributed by atoms with Crippen molar-refractivity contribution in [3.63, 3.8) is 0 Å². The monoisotopic (exact) mass is 716 g/mol. The maximum Gasteiger partial charge on any atom is 0.273 e. The van der Waals surface area contributed by atoms with Crippen LogP contribution in [-0.2, 0) is 32.6 Å². The highest BCUT2D eigenvalue weighted by molar-refractivity contribution is 7.92. The lowest BCUT2D eigenvalue weighted by Gasteiger charge is -2.35. The fraction of sp³-hybridized carbons (Fsp3) is 0.316. The molecule has 0 heterocycles. The van der Waals surface area contributed by atoms with Crippen molar-refractivity contribution >= 4 is 33.2 Å². The molecule has 13 heteroatoms. The zero-order valence-electron chi connectivity index (χ0n) is 28.5. The number of halogens is 1. The number of nitro benzene ring substituents is 1. The molecule has 1 atom stereocenters. The Bertz CT molecular complexity index is 1940. The third kappa shape index (κ3) is 9.28. The lowest BCUT2D eigenvalue weighted by molar-refractivity contribution is -0.385. The lowest BCUT2D eigenvalue weighted by Crippen LogP contribution is -2.55. The summed E-state index contributed by atoms with van der Waals surface area (Å²) in [6.07, 6.45) is 4.76. The molecule has 2 amide bonds. The Morgan fingerprint density at radius 2 is 1.61 bits per heavy atom. The molecule has 1 aliphatic rings. The van der Waals surface area contributed by atoms with Crippen molar-refractivity contribution in [3.05, 3.63) is 130 Å². The summed E-state index contributed by atoms with van der Waals surface area (Å²) in [6, 6.07) is 23.2. The Morgan fingerprint density at radius 3 is 2.24 bits per heavy atom. The fourth-order valence-corrected chi connectivity index (χ4v) is 7.67. The van der Waals surface area contributed by atoms with Crippen molar-refractivity contribution in [1.82, 2.24) is 10.2 Å². The van der Waals surface area contributed by atoms with Gasteiger partial charge in [0, 0.05) is 30.6 Å². The van der Waals surface area contributed by atoms with Gasteiger partial charge in [0.25, 0.3) is 15.7 Å². The van der Waals surface area contributed by atoms with Crippen LogP contribution in [0.1, 0.15) is 48.8 Å². The van der Waals surface area contributed by atoms with E-state index in [9.17, 15) is 32.5 Å². The van der Waals surface area contributed by atoms with Gasteiger partial charge in [-0.1, -0.05) is 67.8 Å². The van der Waals surface area contributed by atoms with Crippen molar-refractivity contribution in [2.24, 2.45) is 0 Å². The van der Waals surface area contributed by atoms with E-state index in [0.717, 1.165) is 48.0 Å². The summed E-state index contributed by atoms with van der Waals surface area (Å²) in [4.78, 5) is 40.9. The van der Waals surface area contributed by atoms with Crippen molar-refractivity contribution in [3.8, 4) is 5.75 Å². The third-order valence-corrected chi connectivity index (χ3v) is 10.9. The number of amides is 2. The lowest BCUT2D eigenvalue weighted by atomic mass is 9.94. The van der Waals surface area contributed by atoms with Gasteiger partial charge in [-0.2, -0.15) is 0 Å². The minimum absolute atomic E-state index is 0.0687. The van der Waals surface area contributed by atoms with Crippen LogP contribution in [0.5, 0.6) is 5.75 Å². The standard InChI is InChI=1S/C38H41FN4O7S/c1-27-13-22-34(24-35(27)43(46)47)51(48,49)42(32-18-20-33(50-2)21-19-32)26-37(44)41(25-29-14-16-30(39)17-15-29)36(23-28-9-5-3-6-10-28)38(45)40-31-11-7-4-8-12-31/h3,5-6,9-10,13-22,24,31,36H,4,7-8,11-12,23,25-26H2,1-2H3,(H,40,45)/t36-/m0/s1. The van der Waals surface area contributed by atoms with E-state index >= 15 is 0 Å². The number of nitrogens with zero attached hydrogens (tertiary/aromatic N) is 3. The molecule has 0 unspecified atom stereocenters. The van der Waals surface area contributed by atoms with Gasteiger partial charge < -0.3 is 15.0 Å². The van der Waals surface area contributed by atoms with Crippen LogP contribution in [0.15, 0.2) is 102 Å². The minimum Gasteiger partial charge on any atom is -0.497 e. The molecule has 0 aliphatic heterocycles. The van der Waals surface area contributed by atoms with E-state index in [1.807, 2.05) is 30.3 Å². The van der Waals surface area contributed by atoms with Gasteiger partial charge in [0.05, 0.1) is 22.6 Å². The van der Waals surface area contributed by atoms with E-state index in [-0.39, 0.29) is 41.1 Å². The van der Waals surface area contributed by atoms with Crippen LogP contribution in [0.3, 0.4) is 0 Å². The molecular weight excluding hydrogens is 676 g/mol. The van der Waals surface area contributed by atoms with Gasteiger partial charge in [-0.05, 0) is 73.4 Å². The summed E-state index contributed by atoms with van der Waals surface area (Å²) in [5, 5.41) is 14.9. The number of anilines is 1. The quantitative estimate of drug-likeness (QED) is 0.119. The number of sulfonamides is 1. The second-order valence-corrected chi connectivity index (χ2v) is 14.5. The number of carbonyl (C=O) groups is 2. The average Bonchev–Trinajstić information content (AvgIpc) is 3.13. The van der Waals surface area contributed by atoms with Crippen molar-refractivity contribution in [2.45, 2.75) is 69.0 Å². The summed E-state index contributed by atoms with van der Waals surface area (Å²) < 4.78 is 48.8.